The van der Waals surface area contributed by atoms with Gasteiger partial charge in [0.15, 0.2) is 6.10 Å². The summed E-state index contributed by atoms with van der Waals surface area (Å²) in [5, 5.41) is 21.8. The molecule has 0 bridgehead atoms. The number of aromatic nitrogens is 1. The second-order valence-electron chi connectivity index (χ2n) is 3.50. The van der Waals surface area contributed by atoms with E-state index in [1.165, 1.54) is 0 Å². The highest BCUT2D eigenvalue weighted by Gasteiger charge is 2.25. The minimum atomic E-state index is -1.57. The van der Waals surface area contributed by atoms with Crippen LogP contribution in [0.25, 0.3) is 0 Å². The molecule has 0 aliphatic carbocycles. The Kier molecular flexibility index (Phi) is 5.35. The molecule has 1 rings (SSSR count). The number of methoxy groups -OCH3 is 1. The lowest BCUT2D eigenvalue weighted by molar-refractivity contribution is -0.385. The molecular formula is C10H10ClN3O6. The molecule has 0 spiro atoms. The van der Waals surface area contributed by atoms with Gasteiger partial charge in [0, 0.05) is 6.20 Å². The van der Waals surface area contributed by atoms with Gasteiger partial charge in [-0.1, -0.05) is 11.6 Å². The highest BCUT2D eigenvalue weighted by molar-refractivity contribution is 6.32. The average molecular weight is 304 g/mol. The van der Waals surface area contributed by atoms with Gasteiger partial charge in [0.25, 0.3) is 5.91 Å². The van der Waals surface area contributed by atoms with Crippen molar-refractivity contribution < 1.29 is 24.4 Å². The maximum Gasteiger partial charge on any atom is 0.336 e. The molecule has 0 aromatic carbocycles. The van der Waals surface area contributed by atoms with Crippen molar-refractivity contribution in [2.24, 2.45) is 0 Å². The molecule has 1 heterocycles. The second-order valence-corrected chi connectivity index (χ2v) is 3.86. The number of nitro groups is 1. The van der Waals surface area contributed by atoms with Crippen molar-refractivity contribution in [3.05, 3.63) is 33.1 Å². The maximum absolute atomic E-state index is 11.8. The summed E-state index contributed by atoms with van der Waals surface area (Å²) in [6, 6.07) is 1.10. The Labute approximate surface area is 117 Å². The van der Waals surface area contributed by atoms with Crippen LogP contribution in [0, 0.1) is 10.1 Å². The molecule has 0 fully saturated rings. The molecule has 1 unspecified atom stereocenters. The van der Waals surface area contributed by atoms with Crippen LogP contribution in [-0.4, -0.2) is 46.6 Å². The molecule has 1 aromatic rings. The van der Waals surface area contributed by atoms with Crippen LogP contribution in [0.4, 0.5) is 5.69 Å². The SMILES string of the molecule is COC(=O)C(O)CNC(=O)c1ccnc(Cl)c1[N+](=O)[O-]. The molecule has 0 saturated carbocycles. The number of halogens is 1. The number of aliphatic hydroxyl groups is 1. The number of hydrogen-bond acceptors (Lipinski definition) is 7. The minimum Gasteiger partial charge on any atom is -0.467 e. The number of aliphatic hydroxyl groups excluding tert-OH is 1. The summed E-state index contributed by atoms with van der Waals surface area (Å²) in [6.07, 6.45) is -0.443. The molecular weight excluding hydrogens is 294 g/mol. The summed E-state index contributed by atoms with van der Waals surface area (Å²) in [6.45, 7) is -0.456. The Morgan fingerprint density at radius 1 is 1.65 bits per heavy atom. The molecule has 0 aliphatic heterocycles. The van der Waals surface area contributed by atoms with E-state index in [0.717, 1.165) is 19.4 Å². The summed E-state index contributed by atoms with van der Waals surface area (Å²) in [7, 11) is 1.07. The van der Waals surface area contributed by atoms with Crippen molar-refractivity contribution in [1.29, 1.82) is 0 Å². The number of nitrogens with one attached hydrogen (secondary N) is 1. The van der Waals surface area contributed by atoms with Crippen molar-refractivity contribution in [2.45, 2.75) is 6.10 Å². The zero-order valence-electron chi connectivity index (χ0n) is 10.2. The third-order valence-electron chi connectivity index (χ3n) is 2.24. The first kappa shape index (κ1) is 15.8. The fraction of sp³-hybridized carbons (Fsp3) is 0.300. The third-order valence-corrected chi connectivity index (χ3v) is 2.51. The molecule has 2 N–H and O–H groups in total. The lowest BCUT2D eigenvalue weighted by Crippen LogP contribution is -2.37. The predicted octanol–water partition coefficient (Wildman–Crippen LogP) is -0.0931. The third kappa shape index (κ3) is 3.62. The Morgan fingerprint density at radius 3 is 2.85 bits per heavy atom. The van der Waals surface area contributed by atoms with Crippen LogP contribution in [0.5, 0.6) is 0 Å². The van der Waals surface area contributed by atoms with E-state index >= 15 is 0 Å². The van der Waals surface area contributed by atoms with E-state index in [2.05, 4.69) is 15.0 Å². The number of ether oxygens (including phenoxy) is 1. The van der Waals surface area contributed by atoms with E-state index in [9.17, 15) is 24.8 Å². The Morgan fingerprint density at radius 2 is 2.30 bits per heavy atom. The van der Waals surface area contributed by atoms with Crippen LogP contribution in [0.3, 0.4) is 0 Å². The molecule has 0 saturated heterocycles. The van der Waals surface area contributed by atoms with Crippen molar-refractivity contribution >= 4 is 29.2 Å². The van der Waals surface area contributed by atoms with Crippen LogP contribution >= 0.6 is 11.6 Å². The summed E-state index contributed by atoms with van der Waals surface area (Å²) in [5.41, 5.74) is -0.980. The van der Waals surface area contributed by atoms with E-state index < -0.39 is 40.3 Å². The lowest BCUT2D eigenvalue weighted by Gasteiger charge is -2.10. The highest BCUT2D eigenvalue weighted by atomic mass is 35.5. The van der Waals surface area contributed by atoms with Crippen molar-refractivity contribution in [2.75, 3.05) is 13.7 Å². The molecule has 0 radical (unpaired) electrons. The smallest absolute Gasteiger partial charge is 0.336 e. The summed E-state index contributed by atoms with van der Waals surface area (Å²) >= 11 is 5.55. The fourth-order valence-electron chi connectivity index (χ4n) is 1.29. The van der Waals surface area contributed by atoms with Gasteiger partial charge in [0.2, 0.25) is 5.15 Å². The van der Waals surface area contributed by atoms with Gasteiger partial charge < -0.3 is 15.2 Å². The second kappa shape index (κ2) is 6.78. The molecule has 108 valence electrons. The fourth-order valence-corrected chi connectivity index (χ4v) is 1.52. The molecule has 1 atom stereocenters. The predicted molar refractivity (Wildman–Crippen MR) is 66.3 cm³/mol. The van der Waals surface area contributed by atoms with Gasteiger partial charge in [-0.3, -0.25) is 14.9 Å². The molecule has 1 amide bonds. The van der Waals surface area contributed by atoms with Gasteiger partial charge in [-0.2, -0.15) is 0 Å². The normalized spacial score (nSPS) is 11.6. The number of carbonyl (C=O) groups is 2. The summed E-state index contributed by atoms with van der Waals surface area (Å²) < 4.78 is 4.25. The number of carbonyl (C=O) groups excluding carboxylic acids is 2. The van der Waals surface area contributed by atoms with Gasteiger partial charge in [-0.15, -0.1) is 0 Å². The van der Waals surface area contributed by atoms with Crippen molar-refractivity contribution in [1.82, 2.24) is 10.3 Å². The zero-order valence-corrected chi connectivity index (χ0v) is 11.0. The molecule has 9 nitrogen and oxygen atoms in total. The molecule has 10 heteroatoms. The number of rotatable bonds is 5. The largest absolute Gasteiger partial charge is 0.467 e. The highest BCUT2D eigenvalue weighted by Crippen LogP contribution is 2.25. The van der Waals surface area contributed by atoms with E-state index in [4.69, 9.17) is 11.6 Å². The summed E-state index contributed by atoms with van der Waals surface area (Å²) in [5.74, 6) is -1.81. The zero-order chi connectivity index (χ0) is 15.3. The Balaban J connectivity index is 2.86. The van der Waals surface area contributed by atoms with Gasteiger partial charge in [-0.05, 0) is 6.07 Å². The van der Waals surface area contributed by atoms with E-state index in [1.54, 1.807) is 0 Å². The first-order valence-corrected chi connectivity index (χ1v) is 5.59. The Bertz CT molecular complexity index is 550. The van der Waals surface area contributed by atoms with Crippen LogP contribution < -0.4 is 5.32 Å². The van der Waals surface area contributed by atoms with Gasteiger partial charge in [0.1, 0.15) is 5.56 Å². The average Bonchev–Trinajstić information content (AvgIpc) is 2.42. The van der Waals surface area contributed by atoms with Gasteiger partial charge >= 0.3 is 11.7 Å². The Hall–Kier alpha value is -2.26. The first-order chi connectivity index (χ1) is 9.38. The van der Waals surface area contributed by atoms with Crippen LogP contribution in [-0.2, 0) is 9.53 Å². The van der Waals surface area contributed by atoms with Gasteiger partial charge in [0.05, 0.1) is 18.6 Å². The topological polar surface area (TPSA) is 132 Å². The summed E-state index contributed by atoms with van der Waals surface area (Å²) in [4.78, 5) is 36.2. The molecule has 20 heavy (non-hydrogen) atoms. The van der Waals surface area contributed by atoms with Crippen molar-refractivity contribution in [3.8, 4) is 0 Å². The van der Waals surface area contributed by atoms with Crippen LogP contribution in [0.15, 0.2) is 12.3 Å². The number of nitrogens with zero attached hydrogens (tertiary/aromatic N) is 2. The van der Waals surface area contributed by atoms with Gasteiger partial charge in [-0.25, -0.2) is 9.78 Å². The number of amides is 1. The van der Waals surface area contributed by atoms with Crippen LogP contribution in [0.1, 0.15) is 10.4 Å². The number of esters is 1. The maximum atomic E-state index is 11.8. The minimum absolute atomic E-state index is 0.327. The molecule has 1 aromatic heterocycles. The van der Waals surface area contributed by atoms with Crippen molar-refractivity contribution in [3.63, 3.8) is 0 Å². The van der Waals surface area contributed by atoms with E-state index in [-0.39, 0.29) is 5.56 Å². The first-order valence-electron chi connectivity index (χ1n) is 5.21. The monoisotopic (exact) mass is 303 g/mol. The van der Waals surface area contributed by atoms with E-state index in [0.29, 0.717) is 0 Å². The molecule has 0 aliphatic rings. The lowest BCUT2D eigenvalue weighted by atomic mass is 10.2. The standard InChI is InChI=1S/C10H10ClN3O6/c1-20-10(17)6(15)4-13-9(16)5-2-3-12-8(11)7(5)14(18)19/h2-3,6,15H,4H2,1H3,(H,13,16). The number of pyridine rings is 1. The van der Waals surface area contributed by atoms with E-state index in [1.807, 2.05) is 0 Å². The van der Waals surface area contributed by atoms with Crippen LogP contribution in [0.2, 0.25) is 5.15 Å². The number of hydrogen-bond donors (Lipinski definition) is 2. The quantitative estimate of drug-likeness (QED) is 0.336.